The van der Waals surface area contributed by atoms with Crippen molar-refractivity contribution in [3.63, 3.8) is 0 Å². The van der Waals surface area contributed by atoms with Gasteiger partial charge in [-0.25, -0.2) is 4.79 Å². The maximum absolute atomic E-state index is 10.4. The van der Waals surface area contributed by atoms with Crippen LogP contribution in [0.25, 0.3) is 10.8 Å². The molecule has 0 atom stereocenters. The minimum Gasteiger partial charge on any atom is -0.478 e. The van der Waals surface area contributed by atoms with Crippen LogP contribution in [-0.4, -0.2) is 11.1 Å². The third-order valence-corrected chi connectivity index (χ3v) is 3.07. The van der Waals surface area contributed by atoms with Gasteiger partial charge in [0.2, 0.25) is 0 Å². The van der Waals surface area contributed by atoms with E-state index in [1.807, 2.05) is 12.1 Å². The van der Waals surface area contributed by atoms with E-state index in [2.05, 4.69) is 31.2 Å². The zero-order valence-corrected chi connectivity index (χ0v) is 10.4. The molecule has 2 aromatic rings. The normalized spacial score (nSPS) is 11.2. The highest BCUT2D eigenvalue weighted by Crippen LogP contribution is 2.23. The fraction of sp³-hybridized carbons (Fsp3) is 0.188. The van der Waals surface area contributed by atoms with Crippen LogP contribution in [0.15, 0.2) is 48.6 Å². The van der Waals surface area contributed by atoms with E-state index < -0.39 is 5.97 Å². The number of rotatable bonds is 4. The lowest BCUT2D eigenvalue weighted by Crippen LogP contribution is -1.90. The smallest absolute Gasteiger partial charge is 0.327 e. The Balaban J connectivity index is 2.24. The Bertz CT molecular complexity index is 597. The molecule has 0 radical (unpaired) electrons. The summed E-state index contributed by atoms with van der Waals surface area (Å²) in [6.45, 7) is 2.11. The molecule has 0 aliphatic heterocycles. The summed E-state index contributed by atoms with van der Waals surface area (Å²) < 4.78 is 0. The Kier molecular flexibility index (Phi) is 3.78. The summed E-state index contributed by atoms with van der Waals surface area (Å²) in [4.78, 5) is 10.4. The molecule has 0 fully saturated rings. The third-order valence-electron chi connectivity index (χ3n) is 3.07. The molecule has 0 unspecified atom stereocenters. The lowest BCUT2D eigenvalue weighted by Gasteiger charge is -2.07. The van der Waals surface area contributed by atoms with Crippen LogP contribution in [-0.2, 0) is 11.2 Å². The fourth-order valence-corrected chi connectivity index (χ4v) is 2.15. The van der Waals surface area contributed by atoms with Crippen LogP contribution >= 0.6 is 0 Å². The maximum atomic E-state index is 10.4. The molecule has 0 amide bonds. The minimum atomic E-state index is -0.885. The number of aliphatic carboxylic acids is 1. The fourth-order valence-electron chi connectivity index (χ4n) is 2.15. The summed E-state index contributed by atoms with van der Waals surface area (Å²) >= 11 is 0. The minimum absolute atomic E-state index is 0.749. The van der Waals surface area contributed by atoms with Crippen LogP contribution < -0.4 is 0 Å². The number of hydrogen-bond acceptors (Lipinski definition) is 1. The molecule has 0 aliphatic carbocycles. The van der Waals surface area contributed by atoms with Crippen molar-refractivity contribution >= 4 is 16.7 Å². The summed E-state index contributed by atoms with van der Waals surface area (Å²) in [6.07, 6.45) is 4.53. The first kappa shape index (κ1) is 12.4. The lowest BCUT2D eigenvalue weighted by molar-refractivity contribution is -0.131. The Labute approximate surface area is 107 Å². The first-order valence-electron chi connectivity index (χ1n) is 6.05. The number of hydrogen-bond donors (Lipinski definition) is 1. The van der Waals surface area contributed by atoms with E-state index in [1.54, 1.807) is 6.08 Å². The van der Waals surface area contributed by atoms with Crippen molar-refractivity contribution in [2.24, 2.45) is 0 Å². The van der Waals surface area contributed by atoms with Gasteiger partial charge in [-0.15, -0.1) is 0 Å². The number of carboxylic acids is 1. The van der Waals surface area contributed by atoms with E-state index in [4.69, 9.17) is 5.11 Å². The summed E-state index contributed by atoms with van der Waals surface area (Å²) in [5, 5.41) is 11.1. The van der Waals surface area contributed by atoms with Gasteiger partial charge in [0.05, 0.1) is 0 Å². The molecule has 0 aliphatic rings. The SMILES string of the molecule is Cc1ccc(CC/C=C\C(=O)O)c2ccccc12. The number of carbonyl (C=O) groups is 1. The van der Waals surface area contributed by atoms with Crippen LogP contribution in [0, 0.1) is 6.92 Å². The molecule has 18 heavy (non-hydrogen) atoms. The highest BCUT2D eigenvalue weighted by Gasteiger charge is 2.02. The van der Waals surface area contributed by atoms with Gasteiger partial charge >= 0.3 is 5.97 Å². The van der Waals surface area contributed by atoms with Gasteiger partial charge in [-0.2, -0.15) is 0 Å². The highest BCUT2D eigenvalue weighted by molar-refractivity contribution is 5.88. The van der Waals surface area contributed by atoms with Gasteiger partial charge in [-0.05, 0) is 41.7 Å². The molecular formula is C16H16O2. The molecule has 2 nitrogen and oxygen atoms in total. The predicted molar refractivity (Wildman–Crippen MR) is 73.8 cm³/mol. The van der Waals surface area contributed by atoms with Gasteiger partial charge in [0.15, 0.2) is 0 Å². The summed E-state index contributed by atoms with van der Waals surface area (Å²) in [5.74, 6) is -0.885. The van der Waals surface area contributed by atoms with Crippen molar-refractivity contribution in [2.75, 3.05) is 0 Å². The van der Waals surface area contributed by atoms with Crippen molar-refractivity contribution in [1.29, 1.82) is 0 Å². The number of fused-ring (bicyclic) bond motifs is 1. The average molecular weight is 240 g/mol. The predicted octanol–water partition coefficient (Wildman–Crippen LogP) is 3.72. The van der Waals surface area contributed by atoms with E-state index in [0.717, 1.165) is 12.8 Å². The zero-order chi connectivity index (χ0) is 13.0. The molecule has 0 spiro atoms. The van der Waals surface area contributed by atoms with Gasteiger partial charge in [0.1, 0.15) is 0 Å². The monoisotopic (exact) mass is 240 g/mol. The molecule has 0 saturated carbocycles. The van der Waals surface area contributed by atoms with Crippen molar-refractivity contribution in [3.05, 3.63) is 59.7 Å². The van der Waals surface area contributed by atoms with E-state index in [0.29, 0.717) is 0 Å². The number of allylic oxidation sites excluding steroid dienone is 1. The molecule has 1 N–H and O–H groups in total. The van der Waals surface area contributed by atoms with Gasteiger partial charge in [-0.3, -0.25) is 0 Å². The number of benzene rings is 2. The molecular weight excluding hydrogens is 224 g/mol. The van der Waals surface area contributed by atoms with Crippen LogP contribution in [0.2, 0.25) is 0 Å². The van der Waals surface area contributed by atoms with Gasteiger partial charge in [-0.1, -0.05) is 42.5 Å². The second-order valence-corrected chi connectivity index (χ2v) is 4.37. The molecule has 2 rings (SSSR count). The molecule has 0 bridgehead atoms. The van der Waals surface area contributed by atoms with Crippen LogP contribution in [0.5, 0.6) is 0 Å². The molecule has 0 heterocycles. The highest BCUT2D eigenvalue weighted by atomic mass is 16.4. The molecule has 0 saturated heterocycles. The quantitative estimate of drug-likeness (QED) is 0.827. The van der Waals surface area contributed by atoms with Gasteiger partial charge in [0.25, 0.3) is 0 Å². The molecule has 0 aromatic heterocycles. The Hall–Kier alpha value is -2.09. The van der Waals surface area contributed by atoms with E-state index >= 15 is 0 Å². The molecule has 2 aromatic carbocycles. The van der Waals surface area contributed by atoms with Crippen molar-refractivity contribution < 1.29 is 9.90 Å². The zero-order valence-electron chi connectivity index (χ0n) is 10.4. The number of aryl methyl sites for hydroxylation is 2. The van der Waals surface area contributed by atoms with Crippen molar-refractivity contribution in [1.82, 2.24) is 0 Å². The van der Waals surface area contributed by atoms with E-state index in [-0.39, 0.29) is 0 Å². The Morgan fingerprint density at radius 1 is 1.17 bits per heavy atom. The van der Waals surface area contributed by atoms with E-state index in [9.17, 15) is 4.79 Å². The van der Waals surface area contributed by atoms with Crippen molar-refractivity contribution in [2.45, 2.75) is 19.8 Å². The van der Waals surface area contributed by atoms with Crippen LogP contribution in [0.1, 0.15) is 17.5 Å². The summed E-state index contributed by atoms with van der Waals surface area (Å²) in [5.41, 5.74) is 2.54. The van der Waals surface area contributed by atoms with Gasteiger partial charge in [0, 0.05) is 6.08 Å². The third kappa shape index (κ3) is 2.77. The van der Waals surface area contributed by atoms with Gasteiger partial charge < -0.3 is 5.11 Å². The number of carboxylic acid groups (broad SMARTS) is 1. The van der Waals surface area contributed by atoms with E-state index in [1.165, 1.54) is 28.0 Å². The lowest BCUT2D eigenvalue weighted by atomic mass is 9.97. The summed E-state index contributed by atoms with van der Waals surface area (Å²) in [7, 11) is 0. The second kappa shape index (κ2) is 5.50. The average Bonchev–Trinajstić information content (AvgIpc) is 2.37. The Morgan fingerprint density at radius 3 is 2.61 bits per heavy atom. The summed E-state index contributed by atoms with van der Waals surface area (Å²) in [6, 6.07) is 12.6. The second-order valence-electron chi connectivity index (χ2n) is 4.37. The topological polar surface area (TPSA) is 37.3 Å². The van der Waals surface area contributed by atoms with Crippen LogP contribution in [0.3, 0.4) is 0 Å². The molecule has 92 valence electrons. The van der Waals surface area contributed by atoms with Crippen molar-refractivity contribution in [3.8, 4) is 0 Å². The molecule has 2 heteroatoms. The maximum Gasteiger partial charge on any atom is 0.327 e. The standard InChI is InChI=1S/C16H16O2/c1-12-10-11-13(6-2-5-9-16(17)18)15-8-4-3-7-14(12)15/h3-5,7-11H,2,6H2,1H3,(H,17,18)/b9-5-. The first-order chi connectivity index (χ1) is 8.68. The first-order valence-corrected chi connectivity index (χ1v) is 6.05. The Morgan fingerprint density at radius 2 is 1.89 bits per heavy atom. The van der Waals surface area contributed by atoms with Crippen LogP contribution in [0.4, 0.5) is 0 Å². The largest absolute Gasteiger partial charge is 0.478 e.